The maximum absolute atomic E-state index is 13.6. The van der Waals surface area contributed by atoms with Gasteiger partial charge in [0.25, 0.3) is 0 Å². The Labute approximate surface area is 102 Å². The van der Waals surface area contributed by atoms with Crippen LogP contribution in [0.25, 0.3) is 0 Å². The number of nitrogens with two attached hydrogens (primary N) is 2. The Hall–Kier alpha value is -1.41. The minimum absolute atomic E-state index is 0.0179. The van der Waals surface area contributed by atoms with Gasteiger partial charge in [-0.25, -0.2) is 25.9 Å². The van der Waals surface area contributed by atoms with Gasteiger partial charge in [0.05, 0.1) is 6.61 Å². The van der Waals surface area contributed by atoms with Gasteiger partial charge in [0, 0.05) is 17.6 Å². The van der Waals surface area contributed by atoms with Gasteiger partial charge in [-0.15, -0.1) is 0 Å². The molecule has 0 aliphatic carbocycles. The van der Waals surface area contributed by atoms with Crippen molar-refractivity contribution in [3.63, 3.8) is 0 Å². The Morgan fingerprint density at radius 3 is 2.59 bits per heavy atom. The maximum Gasteiger partial charge on any atom is 0.352 e. The Balaban J connectivity index is 3.29. The lowest BCUT2D eigenvalue weighted by molar-refractivity contribution is 0.216. The van der Waals surface area contributed by atoms with E-state index < -0.39 is 18.5 Å². The van der Waals surface area contributed by atoms with Crippen molar-refractivity contribution in [3.8, 4) is 0 Å². The SMILES string of the molecule is CN(N)C(=O)N(N)c1c(F)ccc(Cl)c1CO. The molecule has 0 bridgehead atoms. The molecule has 0 saturated heterocycles. The van der Waals surface area contributed by atoms with Gasteiger partial charge >= 0.3 is 6.03 Å². The minimum atomic E-state index is -0.846. The molecule has 5 N–H and O–H groups in total. The van der Waals surface area contributed by atoms with Crippen molar-refractivity contribution in [1.82, 2.24) is 5.01 Å². The van der Waals surface area contributed by atoms with Gasteiger partial charge in [0.1, 0.15) is 11.5 Å². The number of carbonyl (C=O) groups excluding carboxylic acids is 1. The number of benzene rings is 1. The van der Waals surface area contributed by atoms with Crippen LogP contribution in [0.1, 0.15) is 5.56 Å². The van der Waals surface area contributed by atoms with Crippen molar-refractivity contribution in [1.29, 1.82) is 0 Å². The van der Waals surface area contributed by atoms with Crippen LogP contribution >= 0.6 is 11.6 Å². The molecule has 0 aliphatic heterocycles. The van der Waals surface area contributed by atoms with Crippen LogP contribution < -0.4 is 16.7 Å². The zero-order chi connectivity index (χ0) is 13.2. The number of halogens is 2. The van der Waals surface area contributed by atoms with E-state index in [1.165, 1.54) is 13.1 Å². The molecule has 0 spiro atoms. The lowest BCUT2D eigenvalue weighted by atomic mass is 10.1. The molecular formula is C9H12ClFN4O2. The predicted octanol–water partition coefficient (Wildman–Crippen LogP) is 0.577. The fraction of sp³-hybridized carbons (Fsp3) is 0.222. The van der Waals surface area contributed by atoms with Crippen molar-refractivity contribution in [3.05, 3.63) is 28.5 Å². The number of anilines is 1. The second kappa shape index (κ2) is 5.28. The summed E-state index contributed by atoms with van der Waals surface area (Å²) in [5.74, 6) is 9.85. The topological polar surface area (TPSA) is 95.8 Å². The molecule has 17 heavy (non-hydrogen) atoms. The highest BCUT2D eigenvalue weighted by Crippen LogP contribution is 2.29. The number of aliphatic hydroxyl groups is 1. The zero-order valence-electron chi connectivity index (χ0n) is 9.02. The molecule has 8 heteroatoms. The van der Waals surface area contributed by atoms with E-state index in [0.717, 1.165) is 6.07 Å². The normalized spacial score (nSPS) is 10.2. The number of amides is 2. The Bertz CT molecular complexity index is 441. The highest BCUT2D eigenvalue weighted by atomic mass is 35.5. The van der Waals surface area contributed by atoms with E-state index in [2.05, 4.69) is 0 Å². The molecule has 1 aromatic carbocycles. The largest absolute Gasteiger partial charge is 0.392 e. The summed E-state index contributed by atoms with van der Waals surface area (Å²) < 4.78 is 13.6. The Kier molecular flexibility index (Phi) is 4.24. The number of aliphatic hydroxyl groups excluding tert-OH is 1. The smallest absolute Gasteiger partial charge is 0.352 e. The average Bonchev–Trinajstić information content (AvgIpc) is 2.29. The van der Waals surface area contributed by atoms with E-state index in [1.807, 2.05) is 0 Å². The number of hydrogen-bond donors (Lipinski definition) is 3. The van der Waals surface area contributed by atoms with Gasteiger partial charge in [-0.1, -0.05) is 11.6 Å². The molecule has 0 radical (unpaired) electrons. The highest BCUT2D eigenvalue weighted by molar-refractivity contribution is 6.31. The van der Waals surface area contributed by atoms with E-state index in [4.69, 9.17) is 28.4 Å². The Morgan fingerprint density at radius 2 is 2.12 bits per heavy atom. The van der Waals surface area contributed by atoms with Crippen LogP contribution in [-0.4, -0.2) is 23.2 Å². The molecule has 0 heterocycles. The molecule has 0 aliphatic rings. The van der Waals surface area contributed by atoms with Crippen molar-refractivity contribution in [2.45, 2.75) is 6.61 Å². The van der Waals surface area contributed by atoms with Crippen molar-refractivity contribution < 1.29 is 14.3 Å². The number of hydrogen-bond acceptors (Lipinski definition) is 4. The van der Waals surface area contributed by atoms with Crippen LogP contribution in [0.4, 0.5) is 14.9 Å². The highest BCUT2D eigenvalue weighted by Gasteiger charge is 2.22. The van der Waals surface area contributed by atoms with Crippen LogP contribution in [0, 0.1) is 5.82 Å². The minimum Gasteiger partial charge on any atom is -0.392 e. The second-order valence-electron chi connectivity index (χ2n) is 3.28. The molecule has 1 rings (SSSR count). The molecule has 0 saturated carbocycles. The third kappa shape index (κ3) is 2.64. The third-order valence-electron chi connectivity index (χ3n) is 2.08. The number of nitrogens with zero attached hydrogens (tertiary/aromatic N) is 2. The summed E-state index contributed by atoms with van der Waals surface area (Å²) in [6.45, 7) is -0.554. The first-order valence-corrected chi connectivity index (χ1v) is 4.92. The van der Waals surface area contributed by atoms with E-state index in [9.17, 15) is 9.18 Å². The molecule has 0 unspecified atom stereocenters. The van der Waals surface area contributed by atoms with Crippen LogP contribution in [0.15, 0.2) is 12.1 Å². The van der Waals surface area contributed by atoms with Crippen molar-refractivity contribution in [2.24, 2.45) is 11.7 Å². The van der Waals surface area contributed by atoms with E-state index in [1.54, 1.807) is 0 Å². The zero-order valence-corrected chi connectivity index (χ0v) is 9.78. The molecule has 0 fully saturated rings. The van der Waals surface area contributed by atoms with Crippen LogP contribution in [0.2, 0.25) is 5.02 Å². The van der Waals surface area contributed by atoms with Crippen LogP contribution in [-0.2, 0) is 6.61 Å². The van der Waals surface area contributed by atoms with E-state index >= 15 is 0 Å². The van der Waals surface area contributed by atoms with Gasteiger partial charge in [-0.3, -0.25) is 5.01 Å². The van der Waals surface area contributed by atoms with Crippen LogP contribution in [0.5, 0.6) is 0 Å². The van der Waals surface area contributed by atoms with E-state index in [0.29, 0.717) is 10.0 Å². The average molecular weight is 263 g/mol. The molecule has 1 aromatic rings. The number of hydrazine groups is 2. The molecular weight excluding hydrogens is 251 g/mol. The first-order valence-electron chi connectivity index (χ1n) is 4.55. The van der Waals surface area contributed by atoms with Crippen molar-refractivity contribution in [2.75, 3.05) is 12.1 Å². The predicted molar refractivity (Wildman–Crippen MR) is 61.3 cm³/mol. The summed E-state index contributed by atoms with van der Waals surface area (Å²) in [5, 5.41) is 10.4. The van der Waals surface area contributed by atoms with Gasteiger partial charge in [-0.2, -0.15) is 0 Å². The number of rotatable bonds is 2. The molecule has 0 atom stereocenters. The first-order chi connectivity index (χ1) is 7.90. The van der Waals surface area contributed by atoms with Crippen LogP contribution in [0.3, 0.4) is 0 Å². The summed E-state index contributed by atoms with van der Waals surface area (Å²) in [5.41, 5.74) is -0.285. The second-order valence-corrected chi connectivity index (χ2v) is 3.69. The van der Waals surface area contributed by atoms with Gasteiger partial charge in [-0.05, 0) is 12.1 Å². The summed E-state index contributed by atoms with van der Waals surface area (Å²) in [6, 6.07) is 1.46. The number of carbonyl (C=O) groups is 1. The first kappa shape index (κ1) is 13.7. The summed E-state index contributed by atoms with van der Waals surface area (Å²) in [6.07, 6.45) is 0. The van der Waals surface area contributed by atoms with E-state index in [-0.39, 0.29) is 16.3 Å². The van der Waals surface area contributed by atoms with Gasteiger partial charge < -0.3 is 5.11 Å². The lowest BCUT2D eigenvalue weighted by Gasteiger charge is -2.23. The summed E-state index contributed by atoms with van der Waals surface area (Å²) in [7, 11) is 1.25. The molecule has 2 amide bonds. The third-order valence-corrected chi connectivity index (χ3v) is 2.44. The number of urea groups is 1. The maximum atomic E-state index is 13.6. The lowest BCUT2D eigenvalue weighted by Crippen LogP contribution is -2.49. The van der Waals surface area contributed by atoms with Crippen molar-refractivity contribution >= 4 is 23.3 Å². The monoisotopic (exact) mass is 262 g/mol. The van der Waals surface area contributed by atoms with Gasteiger partial charge in [0.15, 0.2) is 0 Å². The Morgan fingerprint density at radius 1 is 1.53 bits per heavy atom. The molecule has 6 nitrogen and oxygen atoms in total. The summed E-state index contributed by atoms with van der Waals surface area (Å²) in [4.78, 5) is 11.5. The summed E-state index contributed by atoms with van der Waals surface area (Å²) >= 11 is 5.76. The quantitative estimate of drug-likeness (QED) is 0.413. The molecule has 0 aromatic heterocycles. The molecule has 94 valence electrons. The standard InChI is InChI=1S/C9H12ClFN4O2/c1-14(12)9(17)15(13)8-5(4-16)6(10)2-3-7(8)11/h2-3,16H,4,12-13H2,1H3. The fourth-order valence-corrected chi connectivity index (χ4v) is 1.47. The fourth-order valence-electron chi connectivity index (χ4n) is 1.26. The van der Waals surface area contributed by atoms with Gasteiger partial charge in [0.2, 0.25) is 0 Å².